The van der Waals surface area contributed by atoms with E-state index in [0.717, 1.165) is 16.9 Å². The van der Waals surface area contributed by atoms with Crippen molar-refractivity contribution in [2.75, 3.05) is 5.32 Å². The Morgan fingerprint density at radius 3 is 2.48 bits per heavy atom. The van der Waals surface area contributed by atoms with Crippen molar-refractivity contribution >= 4 is 34.5 Å². The molecule has 29 heavy (non-hydrogen) atoms. The summed E-state index contributed by atoms with van der Waals surface area (Å²) in [7, 11) is 0. The van der Waals surface area contributed by atoms with Crippen molar-refractivity contribution in [3.63, 3.8) is 0 Å². The summed E-state index contributed by atoms with van der Waals surface area (Å²) >= 11 is 0. The third-order valence-electron chi connectivity index (χ3n) is 4.45. The molecule has 0 aliphatic heterocycles. The van der Waals surface area contributed by atoms with Crippen molar-refractivity contribution in [1.29, 1.82) is 0 Å². The number of primary amides is 1. The van der Waals surface area contributed by atoms with Gasteiger partial charge in [0.25, 0.3) is 5.91 Å². The fourth-order valence-electron chi connectivity index (χ4n) is 2.95. The summed E-state index contributed by atoms with van der Waals surface area (Å²) in [5, 5.41) is 2.64. The number of amides is 2. The number of ether oxygens (including phenoxy) is 1. The van der Waals surface area contributed by atoms with E-state index in [0.29, 0.717) is 17.7 Å². The van der Waals surface area contributed by atoms with E-state index >= 15 is 0 Å². The maximum absolute atomic E-state index is 12.4. The molecular weight excluding hydrogens is 372 g/mol. The molecule has 8 nitrogen and oxygen atoms in total. The lowest BCUT2D eigenvalue weighted by Gasteiger charge is -2.15. The Labute approximate surface area is 167 Å². The van der Waals surface area contributed by atoms with E-state index in [1.807, 2.05) is 31.2 Å². The molecule has 0 aliphatic carbocycles. The molecule has 1 heterocycles. The summed E-state index contributed by atoms with van der Waals surface area (Å²) in [6.45, 7) is 3.43. The molecule has 3 rings (SSSR count). The second-order valence-electron chi connectivity index (χ2n) is 6.52. The molecule has 3 N–H and O–H groups in total. The molecule has 0 radical (unpaired) electrons. The van der Waals surface area contributed by atoms with Crippen LogP contribution in [0.15, 0.2) is 48.5 Å². The number of aryl methyl sites for hydroxylation is 1. The molecule has 150 valence electrons. The molecule has 0 aliphatic rings. The van der Waals surface area contributed by atoms with Crippen molar-refractivity contribution in [2.24, 2.45) is 5.73 Å². The van der Waals surface area contributed by atoms with Gasteiger partial charge in [-0.15, -0.1) is 0 Å². The summed E-state index contributed by atoms with van der Waals surface area (Å²) < 4.78 is 7.09. The van der Waals surface area contributed by atoms with E-state index in [1.54, 1.807) is 16.7 Å². The minimum atomic E-state index is -0.988. The van der Waals surface area contributed by atoms with Crippen molar-refractivity contribution in [3.8, 4) is 0 Å². The van der Waals surface area contributed by atoms with Gasteiger partial charge in [0.05, 0.1) is 11.0 Å². The van der Waals surface area contributed by atoms with E-state index in [4.69, 9.17) is 10.5 Å². The molecule has 0 unspecified atom stereocenters. The number of imidazole rings is 1. The molecule has 3 aromatic rings. The van der Waals surface area contributed by atoms with Crippen LogP contribution in [-0.4, -0.2) is 33.4 Å². The van der Waals surface area contributed by atoms with Crippen molar-refractivity contribution in [2.45, 2.75) is 32.9 Å². The number of benzene rings is 2. The predicted octanol–water partition coefficient (Wildman–Crippen LogP) is 2.27. The highest BCUT2D eigenvalue weighted by molar-refractivity contribution is 5.96. The van der Waals surface area contributed by atoms with Crippen LogP contribution in [-0.2, 0) is 27.3 Å². The zero-order chi connectivity index (χ0) is 21.0. The number of nitrogens with zero attached hydrogens (tertiary/aromatic N) is 2. The largest absolute Gasteiger partial charge is 0.451 e. The molecule has 2 amide bonds. The SMILES string of the molecule is CCc1nc2ccccc2n1CC(=O)O[C@H](C)C(=O)Nc1ccc(C(N)=O)cc1. The van der Waals surface area contributed by atoms with Crippen LogP contribution < -0.4 is 11.1 Å². The molecule has 0 spiro atoms. The van der Waals surface area contributed by atoms with Crippen LogP contribution in [0.4, 0.5) is 5.69 Å². The second kappa shape index (κ2) is 8.55. The van der Waals surface area contributed by atoms with E-state index < -0.39 is 23.9 Å². The molecular formula is C21H22N4O4. The molecule has 0 saturated carbocycles. The fraction of sp³-hybridized carbons (Fsp3) is 0.238. The Morgan fingerprint density at radius 2 is 1.83 bits per heavy atom. The molecule has 0 fully saturated rings. The molecule has 0 saturated heterocycles. The Kier molecular flexibility index (Phi) is 5.92. The number of para-hydroxylation sites is 2. The molecule has 2 aromatic carbocycles. The van der Waals surface area contributed by atoms with Gasteiger partial charge in [-0.05, 0) is 43.3 Å². The Morgan fingerprint density at radius 1 is 1.14 bits per heavy atom. The first kappa shape index (κ1) is 20.1. The molecule has 0 bridgehead atoms. The predicted molar refractivity (Wildman–Crippen MR) is 108 cm³/mol. The lowest BCUT2D eigenvalue weighted by Crippen LogP contribution is -2.31. The summed E-state index contributed by atoms with van der Waals surface area (Å²) in [5.74, 6) is -0.788. The van der Waals surface area contributed by atoms with Gasteiger partial charge in [0.1, 0.15) is 12.4 Å². The molecule has 8 heteroatoms. The highest BCUT2D eigenvalue weighted by Gasteiger charge is 2.20. The zero-order valence-electron chi connectivity index (χ0n) is 16.2. The van der Waals surface area contributed by atoms with Crippen molar-refractivity contribution in [3.05, 3.63) is 59.9 Å². The number of aromatic nitrogens is 2. The van der Waals surface area contributed by atoms with Gasteiger partial charge in [-0.3, -0.25) is 14.4 Å². The number of esters is 1. The number of nitrogens with one attached hydrogen (secondary N) is 1. The van der Waals surface area contributed by atoms with Gasteiger partial charge in [0.2, 0.25) is 5.91 Å². The van der Waals surface area contributed by atoms with Gasteiger partial charge in [0.15, 0.2) is 6.10 Å². The summed E-state index contributed by atoms with van der Waals surface area (Å²) in [4.78, 5) is 40.3. The summed E-state index contributed by atoms with van der Waals surface area (Å²) in [6.07, 6.45) is -0.322. The highest BCUT2D eigenvalue weighted by atomic mass is 16.5. The highest BCUT2D eigenvalue weighted by Crippen LogP contribution is 2.17. The van der Waals surface area contributed by atoms with Crippen LogP contribution in [0.3, 0.4) is 0 Å². The van der Waals surface area contributed by atoms with Crippen LogP contribution in [0.5, 0.6) is 0 Å². The van der Waals surface area contributed by atoms with Crippen LogP contribution in [0.25, 0.3) is 11.0 Å². The number of nitrogens with two attached hydrogens (primary N) is 1. The van der Waals surface area contributed by atoms with E-state index in [2.05, 4.69) is 10.3 Å². The maximum atomic E-state index is 12.4. The number of carbonyl (C=O) groups is 3. The van der Waals surface area contributed by atoms with Crippen molar-refractivity contribution < 1.29 is 19.1 Å². The average Bonchev–Trinajstić information content (AvgIpc) is 3.05. The number of fused-ring (bicyclic) bond motifs is 1. The number of hydrogen-bond acceptors (Lipinski definition) is 5. The summed E-state index contributed by atoms with van der Waals surface area (Å²) in [5.41, 5.74) is 7.64. The quantitative estimate of drug-likeness (QED) is 0.596. The lowest BCUT2D eigenvalue weighted by atomic mass is 10.2. The Balaban J connectivity index is 1.63. The van der Waals surface area contributed by atoms with E-state index in [9.17, 15) is 14.4 Å². The lowest BCUT2D eigenvalue weighted by molar-refractivity contribution is -0.153. The van der Waals surface area contributed by atoms with Crippen LogP contribution >= 0.6 is 0 Å². The normalized spacial score (nSPS) is 11.8. The minimum absolute atomic E-state index is 0.0331. The smallest absolute Gasteiger partial charge is 0.326 e. The van der Waals surface area contributed by atoms with Gasteiger partial charge in [-0.25, -0.2) is 4.98 Å². The van der Waals surface area contributed by atoms with Gasteiger partial charge in [-0.2, -0.15) is 0 Å². The zero-order valence-corrected chi connectivity index (χ0v) is 16.2. The number of hydrogen-bond donors (Lipinski definition) is 2. The maximum Gasteiger partial charge on any atom is 0.326 e. The Hall–Kier alpha value is -3.68. The van der Waals surface area contributed by atoms with E-state index in [-0.39, 0.29) is 6.54 Å². The first-order valence-corrected chi connectivity index (χ1v) is 9.23. The minimum Gasteiger partial charge on any atom is -0.451 e. The summed E-state index contributed by atoms with van der Waals surface area (Å²) in [6, 6.07) is 13.7. The van der Waals surface area contributed by atoms with Gasteiger partial charge in [-0.1, -0.05) is 19.1 Å². The van der Waals surface area contributed by atoms with Crippen LogP contribution in [0.2, 0.25) is 0 Å². The monoisotopic (exact) mass is 394 g/mol. The second-order valence-corrected chi connectivity index (χ2v) is 6.52. The Bertz CT molecular complexity index is 1060. The third kappa shape index (κ3) is 4.60. The van der Waals surface area contributed by atoms with Crippen LogP contribution in [0.1, 0.15) is 30.0 Å². The first-order valence-electron chi connectivity index (χ1n) is 9.23. The standard InChI is InChI=1S/C21H22N4O4/c1-3-18-24-16-6-4-5-7-17(16)25(18)12-19(26)29-13(2)21(28)23-15-10-8-14(9-11-15)20(22)27/h4-11,13H,3,12H2,1-2H3,(H2,22,27)(H,23,28)/t13-/m1/s1. The van der Waals surface area contributed by atoms with E-state index in [1.165, 1.54) is 19.1 Å². The third-order valence-corrected chi connectivity index (χ3v) is 4.45. The number of rotatable bonds is 7. The van der Waals surface area contributed by atoms with Crippen molar-refractivity contribution in [1.82, 2.24) is 9.55 Å². The van der Waals surface area contributed by atoms with Gasteiger partial charge in [0, 0.05) is 17.7 Å². The topological polar surface area (TPSA) is 116 Å². The fourth-order valence-corrected chi connectivity index (χ4v) is 2.95. The average molecular weight is 394 g/mol. The van der Waals surface area contributed by atoms with Gasteiger partial charge >= 0.3 is 5.97 Å². The molecule has 1 aromatic heterocycles. The number of carbonyl (C=O) groups excluding carboxylic acids is 3. The van der Waals surface area contributed by atoms with Gasteiger partial charge < -0.3 is 20.4 Å². The number of anilines is 1. The van der Waals surface area contributed by atoms with Crippen LogP contribution in [0, 0.1) is 0 Å². The molecule has 1 atom stereocenters. The first-order chi connectivity index (χ1) is 13.9.